The van der Waals surface area contributed by atoms with E-state index in [4.69, 9.17) is 4.74 Å². The topological polar surface area (TPSA) is 72.5 Å². The SMILES string of the molecule is COC(=O)CC1(NCCCC2CCCCC2)CCS(=O)(=O)CC1. The number of carbonyl (C=O) groups is 1. The molecule has 6 heteroatoms. The standard InChI is InChI=1S/C17H31NO4S/c1-22-16(19)14-17(9-12-23(20,21)13-10-17)18-11-5-8-15-6-3-2-4-7-15/h15,18H,2-14H2,1H3. The zero-order valence-corrected chi connectivity index (χ0v) is 15.1. The first-order valence-corrected chi connectivity index (χ1v) is 10.8. The molecule has 1 aliphatic heterocycles. The van der Waals surface area contributed by atoms with Crippen LogP contribution >= 0.6 is 0 Å². The summed E-state index contributed by atoms with van der Waals surface area (Å²) in [4.78, 5) is 11.7. The molecule has 134 valence electrons. The van der Waals surface area contributed by atoms with E-state index in [0.29, 0.717) is 12.8 Å². The van der Waals surface area contributed by atoms with Crippen molar-refractivity contribution in [1.29, 1.82) is 0 Å². The molecule has 0 amide bonds. The van der Waals surface area contributed by atoms with Crippen LogP contribution in [0.5, 0.6) is 0 Å². The number of esters is 1. The molecule has 5 nitrogen and oxygen atoms in total. The second-order valence-electron chi connectivity index (χ2n) is 7.26. The average Bonchev–Trinajstić information content (AvgIpc) is 2.55. The first kappa shape index (κ1) is 18.7. The molecular weight excluding hydrogens is 314 g/mol. The van der Waals surface area contributed by atoms with Gasteiger partial charge in [0.15, 0.2) is 0 Å². The Morgan fingerprint density at radius 1 is 1.17 bits per heavy atom. The fourth-order valence-electron chi connectivity index (χ4n) is 3.91. The van der Waals surface area contributed by atoms with Gasteiger partial charge in [0.2, 0.25) is 0 Å². The maximum absolute atomic E-state index is 11.7. The zero-order valence-electron chi connectivity index (χ0n) is 14.3. The molecule has 2 aliphatic rings. The molecule has 0 aromatic carbocycles. The Morgan fingerprint density at radius 2 is 1.83 bits per heavy atom. The Balaban J connectivity index is 1.81. The molecule has 2 rings (SSSR count). The molecule has 0 radical (unpaired) electrons. The van der Waals surface area contributed by atoms with E-state index in [0.717, 1.165) is 18.9 Å². The molecule has 0 spiro atoms. The molecule has 2 fully saturated rings. The minimum absolute atomic E-state index is 0.166. The molecule has 0 bridgehead atoms. The van der Waals surface area contributed by atoms with E-state index in [1.807, 2.05) is 0 Å². The normalized spacial score (nSPS) is 24.2. The lowest BCUT2D eigenvalue weighted by Crippen LogP contribution is -2.52. The largest absolute Gasteiger partial charge is 0.469 e. The number of nitrogens with one attached hydrogen (secondary N) is 1. The monoisotopic (exact) mass is 345 g/mol. The van der Waals surface area contributed by atoms with Gasteiger partial charge in [0.25, 0.3) is 0 Å². The van der Waals surface area contributed by atoms with Crippen molar-refractivity contribution in [2.24, 2.45) is 5.92 Å². The number of ether oxygens (including phenoxy) is 1. The van der Waals surface area contributed by atoms with Gasteiger partial charge in [0.1, 0.15) is 9.84 Å². The van der Waals surface area contributed by atoms with Gasteiger partial charge in [-0.2, -0.15) is 0 Å². The molecule has 0 atom stereocenters. The highest BCUT2D eigenvalue weighted by molar-refractivity contribution is 7.91. The Hall–Kier alpha value is -0.620. The molecule has 23 heavy (non-hydrogen) atoms. The number of hydrogen-bond acceptors (Lipinski definition) is 5. The van der Waals surface area contributed by atoms with Crippen LogP contribution < -0.4 is 5.32 Å². The van der Waals surface area contributed by atoms with Crippen LogP contribution in [0, 0.1) is 5.92 Å². The molecule has 0 aromatic rings. The lowest BCUT2D eigenvalue weighted by molar-refractivity contribution is -0.142. The van der Waals surface area contributed by atoms with Gasteiger partial charge in [-0.15, -0.1) is 0 Å². The second-order valence-corrected chi connectivity index (χ2v) is 9.56. The smallest absolute Gasteiger partial charge is 0.307 e. The highest BCUT2D eigenvalue weighted by Crippen LogP contribution is 2.29. The average molecular weight is 346 g/mol. The van der Waals surface area contributed by atoms with Crippen LogP contribution in [-0.2, 0) is 19.4 Å². The van der Waals surface area contributed by atoms with Crippen molar-refractivity contribution in [1.82, 2.24) is 5.32 Å². The van der Waals surface area contributed by atoms with Crippen LogP contribution in [0.4, 0.5) is 0 Å². The predicted octanol–water partition coefficient (Wildman–Crippen LogP) is 2.45. The summed E-state index contributed by atoms with van der Waals surface area (Å²) >= 11 is 0. The zero-order chi connectivity index (χ0) is 16.8. The lowest BCUT2D eigenvalue weighted by Gasteiger charge is -2.37. The maximum Gasteiger partial charge on any atom is 0.307 e. The summed E-state index contributed by atoms with van der Waals surface area (Å²) < 4.78 is 28.2. The summed E-state index contributed by atoms with van der Waals surface area (Å²) in [6, 6.07) is 0. The lowest BCUT2D eigenvalue weighted by atomic mass is 9.85. The molecular formula is C17H31NO4S. The Bertz CT molecular complexity index is 469. The summed E-state index contributed by atoms with van der Waals surface area (Å²) in [5, 5.41) is 3.51. The van der Waals surface area contributed by atoms with Crippen LogP contribution in [0.2, 0.25) is 0 Å². The van der Waals surface area contributed by atoms with Crippen molar-refractivity contribution in [3.63, 3.8) is 0 Å². The molecule has 1 N–H and O–H groups in total. The summed E-state index contributed by atoms with van der Waals surface area (Å²) in [5.74, 6) is 0.928. The molecule has 0 aromatic heterocycles. The van der Waals surface area contributed by atoms with E-state index >= 15 is 0 Å². The summed E-state index contributed by atoms with van der Waals surface area (Å²) in [5.41, 5.74) is -0.398. The fourth-order valence-corrected chi connectivity index (χ4v) is 5.52. The van der Waals surface area contributed by atoms with Gasteiger partial charge < -0.3 is 10.1 Å². The van der Waals surface area contributed by atoms with Crippen molar-refractivity contribution < 1.29 is 17.9 Å². The third-order valence-corrected chi connectivity index (χ3v) is 7.16. The summed E-state index contributed by atoms with van der Waals surface area (Å²) in [7, 11) is -1.55. The van der Waals surface area contributed by atoms with E-state index in [1.165, 1.54) is 45.6 Å². The first-order valence-electron chi connectivity index (χ1n) is 8.97. The van der Waals surface area contributed by atoms with E-state index in [2.05, 4.69) is 5.32 Å². The van der Waals surface area contributed by atoms with Crippen LogP contribution in [-0.4, -0.2) is 45.1 Å². The predicted molar refractivity (Wildman–Crippen MR) is 91.1 cm³/mol. The quantitative estimate of drug-likeness (QED) is 0.567. The fraction of sp³-hybridized carbons (Fsp3) is 0.941. The Labute approximate surface area is 140 Å². The van der Waals surface area contributed by atoms with Gasteiger partial charge in [0.05, 0.1) is 25.0 Å². The Morgan fingerprint density at radius 3 is 2.43 bits per heavy atom. The van der Waals surface area contributed by atoms with Crippen LogP contribution in [0.3, 0.4) is 0 Å². The minimum Gasteiger partial charge on any atom is -0.469 e. The van der Waals surface area contributed by atoms with Gasteiger partial charge >= 0.3 is 5.97 Å². The maximum atomic E-state index is 11.7. The number of methoxy groups -OCH3 is 1. The third kappa shape index (κ3) is 6.07. The third-order valence-electron chi connectivity index (χ3n) is 5.51. The summed E-state index contributed by atoms with van der Waals surface area (Å²) in [6.07, 6.45) is 10.4. The van der Waals surface area contributed by atoms with Crippen LogP contribution in [0.25, 0.3) is 0 Å². The van der Waals surface area contributed by atoms with Gasteiger partial charge in [-0.25, -0.2) is 8.42 Å². The number of rotatable bonds is 7. The number of hydrogen-bond donors (Lipinski definition) is 1. The molecule has 1 saturated heterocycles. The molecule has 0 unspecified atom stereocenters. The van der Waals surface area contributed by atoms with Gasteiger partial charge in [-0.3, -0.25) is 4.79 Å². The van der Waals surface area contributed by atoms with Crippen molar-refractivity contribution >= 4 is 15.8 Å². The number of sulfone groups is 1. The van der Waals surface area contributed by atoms with Crippen molar-refractivity contribution in [2.45, 2.75) is 69.7 Å². The molecule has 1 heterocycles. The van der Waals surface area contributed by atoms with E-state index in [9.17, 15) is 13.2 Å². The van der Waals surface area contributed by atoms with E-state index < -0.39 is 15.4 Å². The van der Waals surface area contributed by atoms with Gasteiger partial charge in [0, 0.05) is 5.54 Å². The van der Waals surface area contributed by atoms with Crippen molar-refractivity contribution in [3.05, 3.63) is 0 Å². The summed E-state index contributed by atoms with van der Waals surface area (Å²) in [6.45, 7) is 0.855. The Kier molecular flexibility index (Phi) is 6.89. The van der Waals surface area contributed by atoms with Crippen LogP contribution in [0.15, 0.2) is 0 Å². The second kappa shape index (κ2) is 8.47. The first-order chi connectivity index (χ1) is 10.9. The van der Waals surface area contributed by atoms with Gasteiger partial charge in [-0.05, 0) is 38.1 Å². The highest BCUT2D eigenvalue weighted by atomic mass is 32.2. The molecule has 1 aliphatic carbocycles. The van der Waals surface area contributed by atoms with Crippen LogP contribution in [0.1, 0.15) is 64.2 Å². The highest BCUT2D eigenvalue weighted by Gasteiger charge is 2.38. The van der Waals surface area contributed by atoms with Gasteiger partial charge in [-0.1, -0.05) is 32.1 Å². The van der Waals surface area contributed by atoms with E-state index in [1.54, 1.807) is 0 Å². The molecule has 1 saturated carbocycles. The van der Waals surface area contributed by atoms with Crippen molar-refractivity contribution in [3.8, 4) is 0 Å². The minimum atomic E-state index is -2.94. The number of carbonyl (C=O) groups excluding carboxylic acids is 1. The van der Waals surface area contributed by atoms with Crippen molar-refractivity contribution in [2.75, 3.05) is 25.2 Å². The van der Waals surface area contributed by atoms with E-state index in [-0.39, 0.29) is 23.9 Å².